The maximum absolute atomic E-state index is 9.49. The molecule has 0 amide bonds. The van der Waals surface area contributed by atoms with Crippen molar-refractivity contribution in [3.05, 3.63) is 45.9 Å². The zero-order chi connectivity index (χ0) is 14.8. The van der Waals surface area contributed by atoms with Gasteiger partial charge in [-0.15, -0.1) is 23.1 Å². The van der Waals surface area contributed by atoms with Gasteiger partial charge in [-0.2, -0.15) is 0 Å². The molecule has 1 heterocycles. The lowest BCUT2D eigenvalue weighted by atomic mass is 9.93. The summed E-state index contributed by atoms with van der Waals surface area (Å²) in [6.07, 6.45) is -0.401. The molecule has 2 rings (SSSR count). The van der Waals surface area contributed by atoms with Crippen LogP contribution in [0.15, 0.2) is 34.5 Å². The smallest absolute Gasteiger partial charge is 0.103 e. The molecule has 20 heavy (non-hydrogen) atoms. The van der Waals surface area contributed by atoms with E-state index < -0.39 is 6.10 Å². The average molecular weight is 307 g/mol. The summed E-state index contributed by atoms with van der Waals surface area (Å²) in [6, 6.07) is 8.08. The molecule has 1 N–H and O–H groups in total. The van der Waals surface area contributed by atoms with Crippen LogP contribution < -0.4 is 0 Å². The molecule has 0 radical (unpaired) electrons. The van der Waals surface area contributed by atoms with Crippen LogP contribution in [0.5, 0.6) is 0 Å². The lowest BCUT2D eigenvalue weighted by Gasteiger charge is -2.14. The topological polar surface area (TPSA) is 33.1 Å². The Kier molecular flexibility index (Phi) is 4.89. The highest BCUT2D eigenvalue weighted by atomic mass is 32.2. The Bertz CT molecular complexity index is 553. The number of hydrogen-bond donors (Lipinski definition) is 1. The van der Waals surface area contributed by atoms with Crippen molar-refractivity contribution in [1.82, 2.24) is 4.98 Å². The number of hydrogen-bond acceptors (Lipinski definition) is 4. The van der Waals surface area contributed by atoms with Gasteiger partial charge in [0.1, 0.15) is 5.01 Å². The van der Waals surface area contributed by atoms with Gasteiger partial charge in [0, 0.05) is 15.7 Å². The molecule has 1 unspecified atom stereocenters. The summed E-state index contributed by atoms with van der Waals surface area (Å²) in [6.45, 7) is 8.35. The molecule has 0 bridgehead atoms. The van der Waals surface area contributed by atoms with Crippen LogP contribution in [-0.2, 0) is 11.2 Å². The minimum absolute atomic E-state index is 0.123. The molecule has 0 aliphatic carbocycles. The van der Waals surface area contributed by atoms with Gasteiger partial charge in [-0.1, -0.05) is 32.9 Å². The molecule has 2 aromatic rings. The van der Waals surface area contributed by atoms with Crippen molar-refractivity contribution in [2.75, 3.05) is 0 Å². The third kappa shape index (κ3) is 4.08. The van der Waals surface area contributed by atoms with Crippen LogP contribution in [0.4, 0.5) is 0 Å². The van der Waals surface area contributed by atoms with E-state index in [0.29, 0.717) is 0 Å². The summed E-state index contributed by atoms with van der Waals surface area (Å²) in [5, 5.41) is 12.8. The van der Waals surface area contributed by atoms with Gasteiger partial charge in [-0.3, -0.25) is 0 Å². The van der Waals surface area contributed by atoms with Crippen molar-refractivity contribution < 1.29 is 5.11 Å². The summed E-state index contributed by atoms with van der Waals surface area (Å²) >= 11 is 3.52. The van der Waals surface area contributed by atoms with Crippen molar-refractivity contribution in [3.8, 4) is 0 Å². The lowest BCUT2D eigenvalue weighted by molar-refractivity contribution is 0.199. The SMILES string of the molecule is CC(O)c1ccc(SCc2nc(C(C)(C)C)cs2)cc1. The molecule has 0 aliphatic heterocycles. The maximum Gasteiger partial charge on any atom is 0.103 e. The van der Waals surface area contributed by atoms with Crippen LogP contribution in [0.25, 0.3) is 0 Å². The van der Waals surface area contributed by atoms with E-state index in [1.165, 1.54) is 15.6 Å². The van der Waals surface area contributed by atoms with Crippen molar-refractivity contribution in [1.29, 1.82) is 0 Å². The van der Waals surface area contributed by atoms with E-state index >= 15 is 0 Å². The Morgan fingerprint density at radius 3 is 2.40 bits per heavy atom. The number of rotatable bonds is 4. The standard InChI is InChI=1S/C16H21NOS2/c1-11(18)12-5-7-13(8-6-12)19-10-15-17-14(9-20-15)16(2,3)4/h5-9,11,18H,10H2,1-4H3. The van der Waals surface area contributed by atoms with E-state index in [1.807, 2.05) is 12.1 Å². The first-order valence-corrected chi connectivity index (χ1v) is 8.58. The predicted octanol–water partition coefficient (Wildman–Crippen LogP) is 4.79. The zero-order valence-electron chi connectivity index (χ0n) is 12.4. The van der Waals surface area contributed by atoms with E-state index in [4.69, 9.17) is 4.98 Å². The van der Waals surface area contributed by atoms with Gasteiger partial charge < -0.3 is 5.11 Å². The monoisotopic (exact) mass is 307 g/mol. The van der Waals surface area contributed by atoms with Crippen molar-refractivity contribution in [2.45, 2.75) is 49.9 Å². The number of aromatic nitrogens is 1. The van der Waals surface area contributed by atoms with Gasteiger partial charge in [-0.05, 0) is 24.6 Å². The molecule has 1 aromatic carbocycles. The van der Waals surface area contributed by atoms with Gasteiger partial charge in [0.15, 0.2) is 0 Å². The normalized spacial score (nSPS) is 13.4. The van der Waals surface area contributed by atoms with Crippen LogP contribution in [0.1, 0.15) is 50.1 Å². The van der Waals surface area contributed by atoms with Crippen LogP contribution in [0, 0.1) is 0 Å². The largest absolute Gasteiger partial charge is 0.389 e. The summed E-state index contributed by atoms with van der Waals surface area (Å²) in [5.74, 6) is 0.898. The molecule has 0 saturated carbocycles. The molecule has 0 saturated heterocycles. The first-order chi connectivity index (χ1) is 9.36. The molecule has 2 nitrogen and oxygen atoms in total. The van der Waals surface area contributed by atoms with Crippen LogP contribution >= 0.6 is 23.1 Å². The number of nitrogens with zero attached hydrogens (tertiary/aromatic N) is 1. The fraction of sp³-hybridized carbons (Fsp3) is 0.438. The second-order valence-electron chi connectivity index (χ2n) is 5.91. The highest BCUT2D eigenvalue weighted by Gasteiger charge is 2.17. The van der Waals surface area contributed by atoms with Gasteiger partial charge in [-0.25, -0.2) is 4.98 Å². The molecule has 4 heteroatoms. The second kappa shape index (κ2) is 6.29. The van der Waals surface area contributed by atoms with Crippen molar-refractivity contribution >= 4 is 23.1 Å². The van der Waals surface area contributed by atoms with Crippen LogP contribution in [-0.4, -0.2) is 10.1 Å². The molecule has 0 spiro atoms. The molecule has 0 aliphatic rings. The van der Waals surface area contributed by atoms with E-state index in [9.17, 15) is 5.11 Å². The van der Waals surface area contributed by atoms with Gasteiger partial charge >= 0.3 is 0 Å². The molecular formula is C16H21NOS2. The lowest BCUT2D eigenvalue weighted by Crippen LogP contribution is -2.11. The number of thiazole rings is 1. The quantitative estimate of drug-likeness (QED) is 0.825. The molecule has 0 fully saturated rings. The molecule has 1 aromatic heterocycles. The fourth-order valence-electron chi connectivity index (χ4n) is 1.71. The number of thioether (sulfide) groups is 1. The molecule has 1 atom stereocenters. The minimum Gasteiger partial charge on any atom is -0.389 e. The molecule has 108 valence electrons. The van der Waals surface area contributed by atoms with Gasteiger partial charge in [0.05, 0.1) is 17.6 Å². The molecular weight excluding hydrogens is 286 g/mol. The van der Waals surface area contributed by atoms with E-state index in [1.54, 1.807) is 30.0 Å². The van der Waals surface area contributed by atoms with E-state index in [2.05, 4.69) is 38.3 Å². The van der Waals surface area contributed by atoms with E-state index in [0.717, 1.165) is 11.3 Å². The predicted molar refractivity (Wildman–Crippen MR) is 87.5 cm³/mol. The highest BCUT2D eigenvalue weighted by Crippen LogP contribution is 2.29. The van der Waals surface area contributed by atoms with Gasteiger partial charge in [0.2, 0.25) is 0 Å². The first-order valence-electron chi connectivity index (χ1n) is 6.72. The Balaban J connectivity index is 1.96. The van der Waals surface area contributed by atoms with Gasteiger partial charge in [0.25, 0.3) is 0 Å². The van der Waals surface area contributed by atoms with Crippen molar-refractivity contribution in [2.24, 2.45) is 0 Å². The fourth-order valence-corrected chi connectivity index (χ4v) is 3.65. The maximum atomic E-state index is 9.49. The zero-order valence-corrected chi connectivity index (χ0v) is 14.0. The number of aliphatic hydroxyl groups excluding tert-OH is 1. The number of benzene rings is 1. The highest BCUT2D eigenvalue weighted by molar-refractivity contribution is 7.98. The Labute approximate surface area is 129 Å². The first kappa shape index (κ1) is 15.5. The van der Waals surface area contributed by atoms with Crippen LogP contribution in [0.3, 0.4) is 0 Å². The van der Waals surface area contributed by atoms with Crippen molar-refractivity contribution in [3.63, 3.8) is 0 Å². The third-order valence-corrected chi connectivity index (χ3v) is 5.10. The average Bonchev–Trinajstić information content (AvgIpc) is 2.85. The summed E-state index contributed by atoms with van der Waals surface area (Å²) in [5.41, 5.74) is 2.25. The summed E-state index contributed by atoms with van der Waals surface area (Å²) < 4.78 is 0. The third-order valence-electron chi connectivity index (χ3n) is 3.04. The second-order valence-corrected chi connectivity index (χ2v) is 7.90. The minimum atomic E-state index is -0.401. The Hall–Kier alpha value is -0.840. The Morgan fingerprint density at radius 1 is 1.25 bits per heavy atom. The Morgan fingerprint density at radius 2 is 1.90 bits per heavy atom. The number of aliphatic hydroxyl groups is 1. The van der Waals surface area contributed by atoms with Crippen LogP contribution in [0.2, 0.25) is 0 Å². The summed E-state index contributed by atoms with van der Waals surface area (Å²) in [7, 11) is 0. The van der Waals surface area contributed by atoms with E-state index in [-0.39, 0.29) is 5.41 Å². The summed E-state index contributed by atoms with van der Waals surface area (Å²) in [4.78, 5) is 5.91.